The van der Waals surface area contributed by atoms with Crippen LogP contribution in [-0.4, -0.2) is 74.5 Å². The van der Waals surface area contributed by atoms with E-state index in [-0.39, 0.29) is 30.6 Å². The standard InChI is InChI=1S/C26H34N8O/c1-4-19-15-34(24-13-25(35)30-23-16-32(11-8-27)31-26(23)24)20(5-2)14-33(19)17(3)18-6-7-21-22(12-18)29-10-9-28-21/h6-7,9-10,12,16-17,19-20,24,26,31H,4-5,11,13-15H2,1-3H3,(H,30,35)/t17-,19+,20-,24?,26?/m0/s1. The van der Waals surface area contributed by atoms with E-state index >= 15 is 0 Å². The van der Waals surface area contributed by atoms with Crippen LogP contribution in [0, 0.1) is 11.3 Å². The first-order chi connectivity index (χ1) is 17.0. The molecule has 9 heteroatoms. The molecule has 3 aliphatic heterocycles. The maximum Gasteiger partial charge on any atom is 0.225 e. The van der Waals surface area contributed by atoms with Crippen molar-refractivity contribution in [2.45, 2.75) is 70.2 Å². The number of nitrogens with one attached hydrogen (secondary N) is 2. The first kappa shape index (κ1) is 23.7. The fraction of sp³-hybridized carbons (Fsp3) is 0.538. The van der Waals surface area contributed by atoms with Crippen molar-refractivity contribution in [2.24, 2.45) is 0 Å². The molecule has 5 rings (SSSR count). The maximum absolute atomic E-state index is 12.6. The van der Waals surface area contributed by atoms with E-state index in [0.29, 0.717) is 18.5 Å². The van der Waals surface area contributed by atoms with E-state index in [1.54, 1.807) is 17.4 Å². The molecule has 1 amide bonds. The number of carbonyl (C=O) groups is 1. The molecule has 4 heterocycles. The van der Waals surface area contributed by atoms with Gasteiger partial charge in [0.15, 0.2) is 0 Å². The van der Waals surface area contributed by atoms with Gasteiger partial charge < -0.3 is 5.32 Å². The molecule has 0 aliphatic carbocycles. The van der Waals surface area contributed by atoms with Crippen molar-refractivity contribution in [1.29, 1.82) is 5.26 Å². The second-order valence-corrected chi connectivity index (χ2v) is 9.80. The van der Waals surface area contributed by atoms with Gasteiger partial charge in [-0.2, -0.15) is 5.26 Å². The lowest BCUT2D eigenvalue weighted by Gasteiger charge is -2.52. The summed E-state index contributed by atoms with van der Waals surface area (Å²) in [6.07, 6.45) is 7.85. The van der Waals surface area contributed by atoms with Crippen LogP contribution in [0.3, 0.4) is 0 Å². The third-order valence-electron chi connectivity index (χ3n) is 7.86. The van der Waals surface area contributed by atoms with E-state index in [0.717, 1.165) is 42.7 Å². The Morgan fingerprint density at radius 3 is 2.66 bits per heavy atom. The van der Waals surface area contributed by atoms with Gasteiger partial charge in [0.25, 0.3) is 0 Å². The monoisotopic (exact) mass is 474 g/mol. The van der Waals surface area contributed by atoms with Gasteiger partial charge in [0, 0.05) is 62.3 Å². The lowest BCUT2D eigenvalue weighted by molar-refractivity contribution is -0.125. The lowest BCUT2D eigenvalue weighted by atomic mass is 9.90. The highest BCUT2D eigenvalue weighted by atomic mass is 16.1. The lowest BCUT2D eigenvalue weighted by Crippen LogP contribution is -2.66. The normalized spacial score (nSPS) is 28.3. The zero-order valence-corrected chi connectivity index (χ0v) is 20.7. The number of nitrogens with zero attached hydrogens (tertiary/aromatic N) is 6. The molecule has 0 bridgehead atoms. The number of benzene rings is 1. The molecule has 2 fully saturated rings. The molecule has 35 heavy (non-hydrogen) atoms. The van der Waals surface area contributed by atoms with Crippen molar-refractivity contribution in [1.82, 2.24) is 35.5 Å². The van der Waals surface area contributed by atoms with Crippen LogP contribution in [-0.2, 0) is 4.79 Å². The Bertz CT molecular complexity index is 1160. The van der Waals surface area contributed by atoms with Gasteiger partial charge in [0.2, 0.25) is 5.91 Å². The van der Waals surface area contributed by atoms with E-state index in [9.17, 15) is 4.79 Å². The molecule has 0 spiro atoms. The summed E-state index contributed by atoms with van der Waals surface area (Å²) in [4.78, 5) is 26.7. The summed E-state index contributed by atoms with van der Waals surface area (Å²) in [5.41, 5.74) is 7.43. The Morgan fingerprint density at radius 1 is 1.14 bits per heavy atom. The maximum atomic E-state index is 12.6. The minimum absolute atomic E-state index is 0.00404. The molecule has 1 aromatic carbocycles. The van der Waals surface area contributed by atoms with Crippen molar-refractivity contribution in [3.05, 3.63) is 48.1 Å². The molecule has 2 unspecified atom stereocenters. The van der Waals surface area contributed by atoms with Crippen LogP contribution in [0.5, 0.6) is 0 Å². The largest absolute Gasteiger partial charge is 0.327 e. The third kappa shape index (κ3) is 4.49. The van der Waals surface area contributed by atoms with E-state index in [4.69, 9.17) is 5.26 Å². The fourth-order valence-electron chi connectivity index (χ4n) is 5.97. The molecule has 2 N–H and O–H groups in total. The number of aromatic nitrogens is 2. The SMILES string of the molecule is CC[C@H]1CN([C@@H](C)c2ccc3nccnc3c2)[C@H](CC)CN1C1CC(=O)NC2=CN(CC#N)NC21. The van der Waals surface area contributed by atoms with Crippen LogP contribution < -0.4 is 10.7 Å². The average Bonchev–Trinajstić information content (AvgIpc) is 3.29. The number of hydrogen-bond donors (Lipinski definition) is 2. The van der Waals surface area contributed by atoms with Gasteiger partial charge in [-0.1, -0.05) is 19.9 Å². The van der Waals surface area contributed by atoms with E-state index < -0.39 is 0 Å². The van der Waals surface area contributed by atoms with Gasteiger partial charge in [-0.15, -0.1) is 0 Å². The summed E-state index contributed by atoms with van der Waals surface area (Å²) in [6.45, 7) is 8.88. The number of piperidine rings is 1. The molecular weight excluding hydrogens is 440 g/mol. The smallest absolute Gasteiger partial charge is 0.225 e. The third-order valence-corrected chi connectivity index (χ3v) is 7.86. The number of piperazine rings is 1. The molecule has 2 saturated heterocycles. The summed E-state index contributed by atoms with van der Waals surface area (Å²) in [5, 5.41) is 13.9. The Morgan fingerprint density at radius 2 is 1.91 bits per heavy atom. The minimum Gasteiger partial charge on any atom is -0.327 e. The molecule has 1 aromatic heterocycles. The number of nitriles is 1. The summed E-state index contributed by atoms with van der Waals surface area (Å²) in [6, 6.07) is 9.62. The molecule has 2 aromatic rings. The van der Waals surface area contributed by atoms with Gasteiger partial charge in [-0.05, 0) is 37.5 Å². The molecule has 0 saturated carbocycles. The molecule has 184 valence electrons. The van der Waals surface area contributed by atoms with Crippen molar-refractivity contribution < 1.29 is 4.79 Å². The van der Waals surface area contributed by atoms with Crippen LogP contribution >= 0.6 is 0 Å². The summed E-state index contributed by atoms with van der Waals surface area (Å²) < 4.78 is 0. The van der Waals surface area contributed by atoms with E-state index in [1.807, 2.05) is 6.20 Å². The number of fused-ring (bicyclic) bond motifs is 2. The van der Waals surface area contributed by atoms with Crippen LogP contribution in [0.1, 0.15) is 51.6 Å². The molecule has 0 radical (unpaired) electrons. The number of hydrogen-bond acceptors (Lipinski definition) is 8. The van der Waals surface area contributed by atoms with Gasteiger partial charge in [-0.25, -0.2) is 5.43 Å². The minimum atomic E-state index is -0.00404. The summed E-state index contributed by atoms with van der Waals surface area (Å²) >= 11 is 0. The van der Waals surface area contributed by atoms with Crippen LogP contribution in [0.4, 0.5) is 0 Å². The highest BCUT2D eigenvalue weighted by molar-refractivity contribution is 5.80. The quantitative estimate of drug-likeness (QED) is 0.616. The van der Waals surface area contributed by atoms with Gasteiger partial charge in [0.05, 0.1) is 28.8 Å². The molecular formula is C26H34N8O. The average molecular weight is 475 g/mol. The Balaban J connectivity index is 1.38. The zero-order chi connectivity index (χ0) is 24.5. The van der Waals surface area contributed by atoms with Gasteiger partial charge in [-0.3, -0.25) is 29.6 Å². The number of rotatable bonds is 6. The number of hydrazine groups is 1. The van der Waals surface area contributed by atoms with Crippen LogP contribution in [0.15, 0.2) is 42.5 Å². The van der Waals surface area contributed by atoms with E-state index in [1.165, 1.54) is 5.56 Å². The number of amides is 1. The first-order valence-electron chi connectivity index (χ1n) is 12.7. The first-order valence-corrected chi connectivity index (χ1v) is 12.7. The van der Waals surface area contributed by atoms with Crippen LogP contribution in [0.25, 0.3) is 11.0 Å². The molecule has 5 atom stereocenters. The Hall–Kier alpha value is -3.06. The van der Waals surface area contributed by atoms with Crippen LogP contribution in [0.2, 0.25) is 0 Å². The predicted molar refractivity (Wildman–Crippen MR) is 133 cm³/mol. The molecule has 3 aliphatic rings. The highest BCUT2D eigenvalue weighted by Crippen LogP contribution is 2.34. The molecule has 9 nitrogen and oxygen atoms in total. The summed E-state index contributed by atoms with van der Waals surface area (Å²) in [7, 11) is 0. The van der Waals surface area contributed by atoms with E-state index in [2.05, 4.69) is 75.5 Å². The van der Waals surface area contributed by atoms with Gasteiger partial charge >= 0.3 is 0 Å². The van der Waals surface area contributed by atoms with Crippen molar-refractivity contribution in [3.63, 3.8) is 0 Å². The zero-order valence-electron chi connectivity index (χ0n) is 20.7. The van der Waals surface area contributed by atoms with Gasteiger partial charge in [0.1, 0.15) is 6.54 Å². The predicted octanol–water partition coefficient (Wildman–Crippen LogP) is 2.31. The van der Waals surface area contributed by atoms with Crippen molar-refractivity contribution in [3.8, 4) is 6.07 Å². The Kier molecular flexibility index (Phi) is 6.69. The Labute approximate surface area is 206 Å². The number of carbonyl (C=O) groups excluding carboxylic acids is 1. The second kappa shape index (κ2) is 9.90. The second-order valence-electron chi connectivity index (χ2n) is 9.80. The van der Waals surface area contributed by atoms with Crippen molar-refractivity contribution in [2.75, 3.05) is 19.6 Å². The topological polar surface area (TPSA) is 100 Å². The highest BCUT2D eigenvalue weighted by Gasteiger charge is 2.45. The fourth-order valence-corrected chi connectivity index (χ4v) is 5.97. The van der Waals surface area contributed by atoms with Crippen molar-refractivity contribution >= 4 is 16.9 Å². The summed E-state index contributed by atoms with van der Waals surface area (Å²) in [5.74, 6) is 0.0501.